The van der Waals surface area contributed by atoms with Crippen molar-refractivity contribution in [2.24, 2.45) is 5.92 Å². The molecular weight excluding hydrogens is 292 g/mol. The van der Waals surface area contributed by atoms with Crippen LogP contribution in [-0.4, -0.2) is 55.8 Å². The topological polar surface area (TPSA) is 59.5 Å². The molecule has 0 saturated carbocycles. The average Bonchev–Trinajstić information content (AvgIpc) is 2.59. The lowest BCUT2D eigenvalue weighted by Crippen LogP contribution is -2.32. The first-order valence-electron chi connectivity index (χ1n) is 8.03. The molecule has 0 spiro atoms. The van der Waals surface area contributed by atoms with Crippen molar-refractivity contribution in [2.75, 3.05) is 46.2 Å². The molecule has 23 heavy (non-hydrogen) atoms. The van der Waals surface area contributed by atoms with Crippen molar-refractivity contribution in [3.63, 3.8) is 0 Å². The largest absolute Gasteiger partial charge is 0.493 e. The standard InChI is InChI=1S/C17H24N4O2/c1-18-17-13-8-15(22-3)16(9-14(13)19-11-20-17)23-10-12-4-6-21(2)7-5-12/h8-9,11-12H,4-7,10H2,1-3H3,(H,18,19,20). The molecule has 2 heterocycles. The van der Waals surface area contributed by atoms with Gasteiger partial charge in [0.2, 0.25) is 0 Å². The van der Waals surface area contributed by atoms with Gasteiger partial charge in [0.05, 0.1) is 19.2 Å². The number of anilines is 1. The third-order valence-electron chi connectivity index (χ3n) is 4.47. The van der Waals surface area contributed by atoms with Crippen LogP contribution in [0, 0.1) is 5.92 Å². The Kier molecular flexibility index (Phi) is 4.81. The molecule has 1 saturated heterocycles. The molecule has 1 aromatic heterocycles. The zero-order valence-corrected chi connectivity index (χ0v) is 14.0. The van der Waals surface area contributed by atoms with Crippen molar-refractivity contribution < 1.29 is 9.47 Å². The number of ether oxygens (including phenoxy) is 2. The Labute approximate surface area is 136 Å². The molecule has 1 aliphatic heterocycles. The fraction of sp³-hybridized carbons (Fsp3) is 0.529. The van der Waals surface area contributed by atoms with Crippen molar-refractivity contribution in [1.29, 1.82) is 0 Å². The molecule has 2 aromatic rings. The van der Waals surface area contributed by atoms with E-state index in [9.17, 15) is 0 Å². The highest BCUT2D eigenvalue weighted by Crippen LogP contribution is 2.34. The van der Waals surface area contributed by atoms with E-state index in [1.54, 1.807) is 13.4 Å². The van der Waals surface area contributed by atoms with Gasteiger partial charge in [-0.3, -0.25) is 0 Å². The first-order chi connectivity index (χ1) is 11.2. The highest BCUT2D eigenvalue weighted by molar-refractivity contribution is 5.91. The van der Waals surface area contributed by atoms with Crippen LogP contribution in [0.4, 0.5) is 5.82 Å². The molecule has 1 fully saturated rings. The zero-order valence-electron chi connectivity index (χ0n) is 14.0. The molecule has 0 radical (unpaired) electrons. The molecule has 6 nitrogen and oxygen atoms in total. The van der Waals surface area contributed by atoms with Gasteiger partial charge in [0, 0.05) is 18.5 Å². The maximum absolute atomic E-state index is 6.06. The van der Waals surface area contributed by atoms with E-state index < -0.39 is 0 Å². The zero-order chi connectivity index (χ0) is 16.2. The van der Waals surface area contributed by atoms with Crippen LogP contribution >= 0.6 is 0 Å². The number of hydrogen-bond acceptors (Lipinski definition) is 6. The van der Waals surface area contributed by atoms with Crippen LogP contribution in [0.2, 0.25) is 0 Å². The molecule has 3 rings (SSSR count). The maximum atomic E-state index is 6.06. The number of aromatic nitrogens is 2. The van der Waals surface area contributed by atoms with E-state index in [-0.39, 0.29) is 0 Å². The second-order valence-corrected chi connectivity index (χ2v) is 6.05. The van der Waals surface area contributed by atoms with Crippen molar-refractivity contribution in [3.05, 3.63) is 18.5 Å². The summed E-state index contributed by atoms with van der Waals surface area (Å²) in [6, 6.07) is 3.87. The fourth-order valence-electron chi connectivity index (χ4n) is 2.97. The van der Waals surface area contributed by atoms with Crippen molar-refractivity contribution in [2.45, 2.75) is 12.8 Å². The second-order valence-electron chi connectivity index (χ2n) is 6.05. The minimum absolute atomic E-state index is 0.602. The lowest BCUT2D eigenvalue weighted by molar-refractivity contribution is 0.157. The summed E-state index contributed by atoms with van der Waals surface area (Å²) in [5.41, 5.74) is 0.850. The van der Waals surface area contributed by atoms with Crippen LogP contribution in [0.25, 0.3) is 10.9 Å². The Morgan fingerprint density at radius 1 is 1.22 bits per heavy atom. The molecule has 124 valence electrons. The number of methoxy groups -OCH3 is 1. The summed E-state index contributed by atoms with van der Waals surface area (Å²) in [7, 11) is 5.67. The fourth-order valence-corrected chi connectivity index (χ4v) is 2.97. The van der Waals surface area contributed by atoms with Gasteiger partial charge in [-0.15, -0.1) is 0 Å². The minimum atomic E-state index is 0.602. The lowest BCUT2D eigenvalue weighted by atomic mass is 9.98. The van der Waals surface area contributed by atoms with Gasteiger partial charge in [-0.2, -0.15) is 0 Å². The Morgan fingerprint density at radius 3 is 2.70 bits per heavy atom. The summed E-state index contributed by atoms with van der Waals surface area (Å²) in [4.78, 5) is 10.9. The van der Waals surface area contributed by atoms with Crippen LogP contribution in [0.1, 0.15) is 12.8 Å². The van der Waals surface area contributed by atoms with Crippen molar-refractivity contribution in [1.82, 2.24) is 14.9 Å². The van der Waals surface area contributed by atoms with Crippen LogP contribution in [-0.2, 0) is 0 Å². The first-order valence-corrected chi connectivity index (χ1v) is 8.03. The van der Waals surface area contributed by atoms with E-state index in [1.807, 2.05) is 19.2 Å². The summed E-state index contributed by atoms with van der Waals surface area (Å²) < 4.78 is 11.6. The first kappa shape index (κ1) is 15.8. The molecule has 0 atom stereocenters. The summed E-state index contributed by atoms with van der Waals surface area (Å²) >= 11 is 0. The SMILES string of the molecule is CNc1ncnc2cc(OCC3CCN(C)CC3)c(OC)cc12. The highest BCUT2D eigenvalue weighted by Gasteiger charge is 2.18. The van der Waals surface area contributed by atoms with Crippen molar-refractivity contribution >= 4 is 16.7 Å². The molecule has 0 amide bonds. The van der Waals surface area contributed by atoms with Crippen LogP contribution < -0.4 is 14.8 Å². The number of benzene rings is 1. The number of fused-ring (bicyclic) bond motifs is 1. The molecule has 1 aliphatic rings. The van der Waals surface area contributed by atoms with E-state index in [1.165, 1.54) is 12.8 Å². The molecule has 0 bridgehead atoms. The predicted molar refractivity (Wildman–Crippen MR) is 91.4 cm³/mol. The normalized spacial score (nSPS) is 16.5. The van der Waals surface area contributed by atoms with Gasteiger partial charge in [0.25, 0.3) is 0 Å². The summed E-state index contributed by atoms with van der Waals surface area (Å²) in [6.45, 7) is 3.00. The maximum Gasteiger partial charge on any atom is 0.163 e. The monoisotopic (exact) mass is 316 g/mol. The van der Waals surface area contributed by atoms with Gasteiger partial charge in [0.15, 0.2) is 11.5 Å². The Balaban J connectivity index is 1.79. The number of rotatable bonds is 5. The lowest BCUT2D eigenvalue weighted by Gasteiger charge is -2.28. The number of nitrogens with one attached hydrogen (secondary N) is 1. The van der Waals surface area contributed by atoms with Gasteiger partial charge < -0.3 is 19.7 Å². The van der Waals surface area contributed by atoms with Crippen LogP contribution in [0.5, 0.6) is 11.5 Å². The molecular formula is C17H24N4O2. The van der Waals surface area contributed by atoms with Crippen LogP contribution in [0.15, 0.2) is 18.5 Å². The second kappa shape index (κ2) is 7.00. The molecule has 6 heteroatoms. The van der Waals surface area contributed by atoms with E-state index in [4.69, 9.17) is 9.47 Å². The van der Waals surface area contributed by atoms with Gasteiger partial charge in [-0.25, -0.2) is 9.97 Å². The highest BCUT2D eigenvalue weighted by atomic mass is 16.5. The van der Waals surface area contributed by atoms with Gasteiger partial charge in [-0.1, -0.05) is 0 Å². The number of nitrogens with zero attached hydrogens (tertiary/aromatic N) is 3. The predicted octanol–water partition coefficient (Wildman–Crippen LogP) is 2.40. The molecule has 0 aliphatic carbocycles. The third kappa shape index (κ3) is 3.47. The number of hydrogen-bond donors (Lipinski definition) is 1. The quantitative estimate of drug-likeness (QED) is 0.914. The Bertz CT molecular complexity index is 669. The number of likely N-dealkylation sites (tertiary alicyclic amines) is 1. The number of piperidine rings is 1. The van der Waals surface area contributed by atoms with E-state index in [0.29, 0.717) is 5.92 Å². The molecule has 1 N–H and O–H groups in total. The van der Waals surface area contributed by atoms with Crippen LogP contribution in [0.3, 0.4) is 0 Å². The summed E-state index contributed by atoms with van der Waals surface area (Å²) in [5, 5.41) is 4.01. The van der Waals surface area contributed by atoms with Crippen molar-refractivity contribution in [3.8, 4) is 11.5 Å². The third-order valence-corrected chi connectivity index (χ3v) is 4.47. The van der Waals surface area contributed by atoms with Gasteiger partial charge >= 0.3 is 0 Å². The average molecular weight is 316 g/mol. The smallest absolute Gasteiger partial charge is 0.163 e. The molecule has 1 aromatic carbocycles. The summed E-state index contributed by atoms with van der Waals surface area (Å²) in [6.07, 6.45) is 3.92. The molecule has 0 unspecified atom stereocenters. The van der Waals surface area contributed by atoms with Gasteiger partial charge in [0.1, 0.15) is 12.1 Å². The van der Waals surface area contributed by atoms with E-state index >= 15 is 0 Å². The van der Waals surface area contributed by atoms with Gasteiger partial charge in [-0.05, 0) is 45.0 Å². The van der Waals surface area contributed by atoms with E-state index in [2.05, 4.69) is 27.2 Å². The minimum Gasteiger partial charge on any atom is -0.493 e. The Hall–Kier alpha value is -2.08. The summed E-state index contributed by atoms with van der Waals surface area (Å²) in [5.74, 6) is 2.86. The van der Waals surface area contributed by atoms with E-state index in [0.717, 1.165) is 47.9 Å². The Morgan fingerprint density at radius 2 is 2.00 bits per heavy atom.